The highest BCUT2D eigenvalue weighted by Crippen LogP contribution is 2.23. The molecule has 0 aliphatic rings. The Morgan fingerprint density at radius 1 is 1.44 bits per heavy atom. The lowest BCUT2D eigenvalue weighted by atomic mass is 10.2. The van der Waals surface area contributed by atoms with Crippen LogP contribution in [0.1, 0.15) is 15.9 Å². The summed E-state index contributed by atoms with van der Waals surface area (Å²) in [7, 11) is 0. The number of nitrogens with one attached hydrogen (secondary N) is 1. The van der Waals surface area contributed by atoms with Crippen molar-refractivity contribution in [3.8, 4) is 0 Å². The minimum absolute atomic E-state index is 0.0214. The summed E-state index contributed by atoms with van der Waals surface area (Å²) in [5.41, 5.74) is 7.55. The van der Waals surface area contributed by atoms with Crippen LogP contribution in [0, 0.1) is 6.92 Å². The van der Waals surface area contributed by atoms with Crippen molar-refractivity contribution < 1.29 is 9.90 Å². The Bertz CT molecular complexity index is 598. The second-order valence-electron chi connectivity index (χ2n) is 3.80. The molecule has 0 spiro atoms. The van der Waals surface area contributed by atoms with Crippen LogP contribution in [0.25, 0.3) is 0 Å². The first-order valence-corrected chi connectivity index (χ1v) is 5.24. The van der Waals surface area contributed by atoms with Gasteiger partial charge in [-0.2, -0.15) is 0 Å². The molecule has 6 nitrogen and oxygen atoms in total. The van der Waals surface area contributed by atoms with E-state index >= 15 is 0 Å². The normalized spacial score (nSPS) is 10.1. The molecule has 0 saturated carbocycles. The van der Waals surface area contributed by atoms with E-state index in [0.717, 1.165) is 5.56 Å². The van der Waals surface area contributed by atoms with Gasteiger partial charge in [0.2, 0.25) is 0 Å². The van der Waals surface area contributed by atoms with Crippen LogP contribution >= 0.6 is 0 Å². The monoisotopic (exact) mass is 244 g/mol. The molecule has 0 aromatic carbocycles. The van der Waals surface area contributed by atoms with E-state index in [-0.39, 0.29) is 11.3 Å². The highest BCUT2D eigenvalue weighted by molar-refractivity contribution is 5.96. The van der Waals surface area contributed by atoms with Gasteiger partial charge in [0.05, 0.1) is 23.1 Å². The van der Waals surface area contributed by atoms with Gasteiger partial charge in [0.1, 0.15) is 0 Å². The van der Waals surface area contributed by atoms with E-state index < -0.39 is 5.97 Å². The van der Waals surface area contributed by atoms with Crippen LogP contribution in [0.2, 0.25) is 0 Å². The van der Waals surface area contributed by atoms with Crippen molar-refractivity contribution >= 4 is 23.2 Å². The summed E-state index contributed by atoms with van der Waals surface area (Å²) in [5, 5.41) is 11.9. The first-order valence-electron chi connectivity index (χ1n) is 5.24. The molecule has 0 bridgehead atoms. The number of rotatable bonds is 3. The number of nitrogens with zero attached hydrogens (tertiary/aromatic N) is 2. The van der Waals surface area contributed by atoms with Gasteiger partial charge in [0, 0.05) is 12.4 Å². The number of nitrogens with two attached hydrogens (primary N) is 1. The smallest absolute Gasteiger partial charge is 0.337 e. The number of carbonyl (C=O) groups is 1. The number of hydrogen-bond donors (Lipinski definition) is 3. The summed E-state index contributed by atoms with van der Waals surface area (Å²) in [5.74, 6) is -0.775. The summed E-state index contributed by atoms with van der Waals surface area (Å²) < 4.78 is 0. The van der Waals surface area contributed by atoms with E-state index in [4.69, 9.17) is 10.8 Å². The number of carboxylic acids is 1. The maximum absolute atomic E-state index is 10.9. The molecule has 0 radical (unpaired) electrons. The van der Waals surface area contributed by atoms with Crippen molar-refractivity contribution in [2.24, 2.45) is 0 Å². The van der Waals surface area contributed by atoms with Crippen molar-refractivity contribution in [3.63, 3.8) is 0 Å². The molecule has 2 heterocycles. The molecule has 2 aromatic heterocycles. The Labute approximate surface area is 104 Å². The molecule has 18 heavy (non-hydrogen) atoms. The molecular weight excluding hydrogens is 232 g/mol. The fourth-order valence-electron chi connectivity index (χ4n) is 1.52. The molecule has 92 valence electrons. The van der Waals surface area contributed by atoms with E-state index in [9.17, 15) is 4.79 Å². The van der Waals surface area contributed by atoms with Gasteiger partial charge in [0.15, 0.2) is 5.82 Å². The molecular formula is C12H12N4O2. The summed E-state index contributed by atoms with van der Waals surface area (Å²) in [6.07, 6.45) is 4.72. The van der Waals surface area contributed by atoms with Crippen LogP contribution in [0.15, 0.2) is 30.7 Å². The van der Waals surface area contributed by atoms with Crippen LogP contribution in [0.5, 0.6) is 0 Å². The Morgan fingerprint density at radius 3 is 2.89 bits per heavy atom. The van der Waals surface area contributed by atoms with Crippen LogP contribution in [0.3, 0.4) is 0 Å². The van der Waals surface area contributed by atoms with Crippen LogP contribution in [0.4, 0.5) is 17.2 Å². The zero-order valence-electron chi connectivity index (χ0n) is 9.71. The minimum Gasteiger partial charge on any atom is -0.478 e. The Morgan fingerprint density at radius 2 is 2.22 bits per heavy atom. The number of carboxylic acid groups (broad SMARTS) is 1. The van der Waals surface area contributed by atoms with Gasteiger partial charge in [-0.1, -0.05) is 0 Å². The van der Waals surface area contributed by atoms with E-state index in [2.05, 4.69) is 15.3 Å². The van der Waals surface area contributed by atoms with Crippen molar-refractivity contribution in [1.29, 1.82) is 0 Å². The molecule has 0 aliphatic heterocycles. The quantitative estimate of drug-likeness (QED) is 0.761. The number of nitrogen functional groups attached to an aromatic ring is 1. The van der Waals surface area contributed by atoms with Gasteiger partial charge in [-0.3, -0.25) is 4.98 Å². The Balaban J connectivity index is 2.35. The van der Waals surface area contributed by atoms with Crippen molar-refractivity contribution in [2.45, 2.75) is 6.92 Å². The highest BCUT2D eigenvalue weighted by Gasteiger charge is 2.12. The average Bonchev–Trinajstić information content (AvgIpc) is 2.31. The number of pyridine rings is 2. The number of hydrogen-bond acceptors (Lipinski definition) is 5. The van der Waals surface area contributed by atoms with Crippen LogP contribution < -0.4 is 11.1 Å². The van der Waals surface area contributed by atoms with Gasteiger partial charge >= 0.3 is 5.97 Å². The van der Waals surface area contributed by atoms with Gasteiger partial charge in [-0.25, -0.2) is 9.78 Å². The summed E-state index contributed by atoms with van der Waals surface area (Å²) in [4.78, 5) is 19.0. The first-order chi connectivity index (χ1) is 8.58. The predicted molar refractivity (Wildman–Crippen MR) is 67.9 cm³/mol. The molecule has 0 aliphatic carbocycles. The van der Waals surface area contributed by atoms with E-state index in [1.807, 2.05) is 13.0 Å². The number of aromatic carboxylic acids is 1. The average molecular weight is 244 g/mol. The summed E-state index contributed by atoms with van der Waals surface area (Å²) >= 11 is 0. The van der Waals surface area contributed by atoms with Gasteiger partial charge in [0.25, 0.3) is 0 Å². The lowest BCUT2D eigenvalue weighted by molar-refractivity contribution is 0.0698. The SMILES string of the molecule is Cc1cncc(Nc2nccc(C(=O)O)c2N)c1. The lowest BCUT2D eigenvalue weighted by Crippen LogP contribution is -2.07. The largest absolute Gasteiger partial charge is 0.478 e. The molecule has 0 atom stereocenters. The summed E-state index contributed by atoms with van der Waals surface area (Å²) in [6.45, 7) is 1.91. The molecule has 4 N–H and O–H groups in total. The number of aryl methyl sites for hydroxylation is 1. The van der Waals surface area contributed by atoms with Gasteiger partial charge in [-0.05, 0) is 24.6 Å². The fourth-order valence-corrected chi connectivity index (χ4v) is 1.52. The molecule has 0 fully saturated rings. The van der Waals surface area contributed by atoms with Crippen molar-refractivity contribution in [3.05, 3.63) is 41.9 Å². The third-order valence-electron chi connectivity index (χ3n) is 2.36. The zero-order chi connectivity index (χ0) is 13.1. The Kier molecular flexibility index (Phi) is 3.09. The topological polar surface area (TPSA) is 101 Å². The minimum atomic E-state index is -1.08. The first kappa shape index (κ1) is 11.8. The van der Waals surface area contributed by atoms with E-state index in [1.54, 1.807) is 12.4 Å². The molecule has 6 heteroatoms. The van der Waals surface area contributed by atoms with E-state index in [1.165, 1.54) is 12.3 Å². The molecule has 0 saturated heterocycles. The fraction of sp³-hybridized carbons (Fsp3) is 0.0833. The third kappa shape index (κ3) is 2.37. The van der Waals surface area contributed by atoms with Crippen molar-refractivity contribution in [1.82, 2.24) is 9.97 Å². The number of aromatic nitrogens is 2. The van der Waals surface area contributed by atoms with Crippen molar-refractivity contribution in [2.75, 3.05) is 11.1 Å². The zero-order valence-corrected chi connectivity index (χ0v) is 9.71. The van der Waals surface area contributed by atoms with Gasteiger partial charge in [-0.15, -0.1) is 0 Å². The highest BCUT2D eigenvalue weighted by atomic mass is 16.4. The Hall–Kier alpha value is -2.63. The molecule has 2 rings (SSSR count). The third-order valence-corrected chi connectivity index (χ3v) is 2.36. The maximum atomic E-state index is 10.9. The molecule has 0 unspecified atom stereocenters. The lowest BCUT2D eigenvalue weighted by Gasteiger charge is -2.09. The standard InChI is InChI=1S/C12H12N4O2/c1-7-4-8(6-14-5-7)16-11-10(13)9(12(17)18)2-3-15-11/h2-6H,13H2,1H3,(H,15,16)(H,17,18). The maximum Gasteiger partial charge on any atom is 0.337 e. The predicted octanol–water partition coefficient (Wildman–Crippen LogP) is 1.81. The van der Waals surface area contributed by atoms with Gasteiger partial charge < -0.3 is 16.2 Å². The van der Waals surface area contributed by atoms with Crippen LogP contribution in [-0.2, 0) is 0 Å². The molecule has 0 amide bonds. The second-order valence-corrected chi connectivity index (χ2v) is 3.80. The van der Waals surface area contributed by atoms with E-state index in [0.29, 0.717) is 11.5 Å². The second kappa shape index (κ2) is 4.70. The van der Waals surface area contributed by atoms with Crippen LogP contribution in [-0.4, -0.2) is 21.0 Å². The number of anilines is 3. The summed E-state index contributed by atoms with van der Waals surface area (Å²) in [6, 6.07) is 3.22. The molecule has 2 aromatic rings.